The van der Waals surface area contributed by atoms with E-state index in [1.807, 2.05) is 13.8 Å². The molecule has 1 aliphatic rings. The smallest absolute Gasteiger partial charge is 0.158 e. The first-order valence-electron chi connectivity index (χ1n) is 8.56. The number of hydrogen-bond donors (Lipinski definition) is 1. The van der Waals surface area contributed by atoms with E-state index in [4.69, 9.17) is 9.47 Å². The van der Waals surface area contributed by atoms with Gasteiger partial charge in [0.25, 0.3) is 0 Å². The van der Waals surface area contributed by atoms with Crippen LogP contribution >= 0.6 is 0 Å². The molecule has 20 heavy (non-hydrogen) atoms. The van der Waals surface area contributed by atoms with Gasteiger partial charge in [0.2, 0.25) is 0 Å². The maximum atomic E-state index is 5.58. The first kappa shape index (κ1) is 17.9. The summed E-state index contributed by atoms with van der Waals surface area (Å²) in [5.74, 6) is 0.800. The Hall–Kier alpha value is -0.120. The van der Waals surface area contributed by atoms with Gasteiger partial charge in [-0.05, 0) is 51.0 Å². The van der Waals surface area contributed by atoms with E-state index in [1.54, 1.807) is 0 Å². The summed E-state index contributed by atoms with van der Waals surface area (Å²) >= 11 is 0. The van der Waals surface area contributed by atoms with E-state index >= 15 is 0 Å². The van der Waals surface area contributed by atoms with E-state index < -0.39 is 0 Å². The highest BCUT2D eigenvalue weighted by Crippen LogP contribution is 2.42. The predicted octanol–water partition coefficient (Wildman–Crippen LogP) is 3.97. The molecule has 0 bridgehead atoms. The van der Waals surface area contributed by atoms with Crippen molar-refractivity contribution in [3.05, 3.63) is 0 Å². The highest BCUT2D eigenvalue weighted by molar-refractivity contribution is 4.87. The molecule has 0 atom stereocenters. The Morgan fingerprint density at radius 1 is 1.05 bits per heavy atom. The molecular formula is C17H35NO2. The Morgan fingerprint density at radius 2 is 1.65 bits per heavy atom. The largest absolute Gasteiger partial charge is 0.353 e. The Bertz CT molecular complexity index is 231. The molecule has 3 nitrogen and oxygen atoms in total. The van der Waals surface area contributed by atoms with Crippen molar-refractivity contribution in [2.45, 2.75) is 72.5 Å². The summed E-state index contributed by atoms with van der Waals surface area (Å²) in [5, 5.41) is 3.66. The van der Waals surface area contributed by atoms with E-state index in [0.717, 1.165) is 38.6 Å². The van der Waals surface area contributed by atoms with E-state index in [1.165, 1.54) is 32.1 Å². The molecule has 0 aromatic carbocycles. The molecule has 0 aromatic rings. The molecule has 1 aliphatic carbocycles. The van der Waals surface area contributed by atoms with Gasteiger partial charge in [-0.15, -0.1) is 0 Å². The lowest BCUT2D eigenvalue weighted by Gasteiger charge is -2.31. The minimum Gasteiger partial charge on any atom is -0.353 e. The lowest BCUT2D eigenvalue weighted by atomic mass is 9.78. The Kier molecular flexibility index (Phi) is 8.74. The summed E-state index contributed by atoms with van der Waals surface area (Å²) < 4.78 is 11.2. The van der Waals surface area contributed by atoms with Gasteiger partial charge < -0.3 is 14.8 Å². The van der Waals surface area contributed by atoms with Crippen molar-refractivity contribution in [3.8, 4) is 0 Å². The Morgan fingerprint density at radius 3 is 2.15 bits per heavy atom. The minimum absolute atomic E-state index is 0.0397. The summed E-state index contributed by atoms with van der Waals surface area (Å²) in [4.78, 5) is 0. The van der Waals surface area contributed by atoms with Gasteiger partial charge in [-0.1, -0.05) is 26.7 Å². The number of nitrogens with one attached hydrogen (secondary N) is 1. The van der Waals surface area contributed by atoms with Crippen molar-refractivity contribution in [2.24, 2.45) is 11.3 Å². The average Bonchev–Trinajstić information content (AvgIpc) is 2.83. The van der Waals surface area contributed by atoms with Gasteiger partial charge in [0, 0.05) is 26.2 Å². The zero-order chi connectivity index (χ0) is 14.8. The number of ether oxygens (including phenoxy) is 2. The van der Waals surface area contributed by atoms with Gasteiger partial charge in [-0.3, -0.25) is 0 Å². The second-order valence-electron chi connectivity index (χ2n) is 6.61. The van der Waals surface area contributed by atoms with Crippen molar-refractivity contribution in [1.29, 1.82) is 0 Å². The predicted molar refractivity (Wildman–Crippen MR) is 84.9 cm³/mol. The molecule has 1 saturated carbocycles. The van der Waals surface area contributed by atoms with Gasteiger partial charge in [0.1, 0.15) is 0 Å². The summed E-state index contributed by atoms with van der Waals surface area (Å²) in [5.41, 5.74) is 0.556. The molecule has 1 rings (SSSR count). The molecular weight excluding hydrogens is 250 g/mol. The van der Waals surface area contributed by atoms with Crippen LogP contribution < -0.4 is 5.32 Å². The van der Waals surface area contributed by atoms with Crippen molar-refractivity contribution in [2.75, 3.05) is 26.3 Å². The monoisotopic (exact) mass is 285 g/mol. The summed E-state index contributed by atoms with van der Waals surface area (Å²) in [7, 11) is 0. The van der Waals surface area contributed by atoms with Crippen LogP contribution in [0.2, 0.25) is 0 Å². The van der Waals surface area contributed by atoms with Crippen LogP contribution in [0.5, 0.6) is 0 Å². The number of rotatable bonds is 11. The SMILES string of the molecule is CCOC(CCNCC1(CC(C)C)CCCC1)OCC. The molecule has 0 saturated heterocycles. The van der Waals surface area contributed by atoms with Gasteiger partial charge in [-0.25, -0.2) is 0 Å². The van der Waals surface area contributed by atoms with Crippen LogP contribution in [0.3, 0.4) is 0 Å². The molecule has 0 spiro atoms. The van der Waals surface area contributed by atoms with E-state index in [9.17, 15) is 0 Å². The highest BCUT2D eigenvalue weighted by atomic mass is 16.7. The maximum Gasteiger partial charge on any atom is 0.158 e. The number of hydrogen-bond acceptors (Lipinski definition) is 3. The van der Waals surface area contributed by atoms with Crippen LogP contribution in [0.4, 0.5) is 0 Å². The molecule has 1 N–H and O–H groups in total. The Labute approximate surface area is 125 Å². The van der Waals surface area contributed by atoms with E-state index in [2.05, 4.69) is 19.2 Å². The van der Waals surface area contributed by atoms with E-state index in [-0.39, 0.29) is 6.29 Å². The fraction of sp³-hybridized carbons (Fsp3) is 1.00. The van der Waals surface area contributed by atoms with Crippen LogP contribution in [0.1, 0.15) is 66.2 Å². The summed E-state index contributed by atoms with van der Waals surface area (Å²) in [6.07, 6.45) is 7.89. The third-order valence-corrected chi connectivity index (χ3v) is 4.27. The lowest BCUT2D eigenvalue weighted by Crippen LogP contribution is -2.35. The third-order valence-electron chi connectivity index (χ3n) is 4.27. The first-order chi connectivity index (χ1) is 9.62. The topological polar surface area (TPSA) is 30.5 Å². The zero-order valence-electron chi connectivity index (χ0n) is 14.0. The van der Waals surface area contributed by atoms with Gasteiger partial charge in [0.05, 0.1) is 0 Å². The van der Waals surface area contributed by atoms with Crippen LogP contribution in [0.15, 0.2) is 0 Å². The molecule has 0 aliphatic heterocycles. The third kappa shape index (κ3) is 6.55. The standard InChI is InChI=1S/C17H35NO2/c1-5-19-16(20-6-2)9-12-18-14-17(13-15(3)4)10-7-8-11-17/h15-16,18H,5-14H2,1-4H3. The summed E-state index contributed by atoms with van der Waals surface area (Å²) in [6, 6.07) is 0. The fourth-order valence-corrected chi connectivity index (χ4v) is 3.60. The van der Waals surface area contributed by atoms with Crippen LogP contribution in [0.25, 0.3) is 0 Å². The maximum absolute atomic E-state index is 5.58. The molecule has 1 fully saturated rings. The van der Waals surface area contributed by atoms with Crippen LogP contribution in [0, 0.1) is 11.3 Å². The summed E-state index contributed by atoms with van der Waals surface area (Å²) in [6.45, 7) is 12.3. The highest BCUT2D eigenvalue weighted by Gasteiger charge is 2.33. The van der Waals surface area contributed by atoms with Gasteiger partial charge >= 0.3 is 0 Å². The normalized spacial score (nSPS) is 18.3. The molecule has 0 amide bonds. The fourth-order valence-electron chi connectivity index (χ4n) is 3.60. The first-order valence-corrected chi connectivity index (χ1v) is 8.56. The molecule has 120 valence electrons. The average molecular weight is 285 g/mol. The van der Waals surface area contributed by atoms with Crippen LogP contribution in [-0.4, -0.2) is 32.6 Å². The van der Waals surface area contributed by atoms with Gasteiger partial charge in [0.15, 0.2) is 6.29 Å². The van der Waals surface area contributed by atoms with Crippen LogP contribution in [-0.2, 0) is 9.47 Å². The van der Waals surface area contributed by atoms with Crippen molar-refractivity contribution in [1.82, 2.24) is 5.32 Å². The lowest BCUT2D eigenvalue weighted by molar-refractivity contribution is -0.138. The second-order valence-corrected chi connectivity index (χ2v) is 6.61. The second kappa shape index (κ2) is 9.75. The van der Waals surface area contributed by atoms with Crippen molar-refractivity contribution >= 4 is 0 Å². The molecule has 3 heteroatoms. The molecule has 0 heterocycles. The van der Waals surface area contributed by atoms with Crippen molar-refractivity contribution in [3.63, 3.8) is 0 Å². The zero-order valence-corrected chi connectivity index (χ0v) is 14.0. The molecule has 0 unspecified atom stereocenters. The Balaban J connectivity index is 2.26. The van der Waals surface area contributed by atoms with Crippen molar-refractivity contribution < 1.29 is 9.47 Å². The van der Waals surface area contributed by atoms with Gasteiger partial charge in [-0.2, -0.15) is 0 Å². The minimum atomic E-state index is -0.0397. The quantitative estimate of drug-likeness (QED) is 0.460. The molecule has 0 aromatic heterocycles. The van der Waals surface area contributed by atoms with E-state index in [0.29, 0.717) is 5.41 Å². The molecule has 0 radical (unpaired) electrons.